The van der Waals surface area contributed by atoms with Crippen molar-refractivity contribution in [3.63, 3.8) is 0 Å². The molecule has 0 aromatic carbocycles. The van der Waals surface area contributed by atoms with Crippen LogP contribution in [0, 0.1) is 11.3 Å². The van der Waals surface area contributed by atoms with E-state index >= 15 is 0 Å². The highest BCUT2D eigenvalue weighted by Crippen LogP contribution is 2.27. The number of carbonyl (C=O) groups is 1. The van der Waals surface area contributed by atoms with Gasteiger partial charge in [0.2, 0.25) is 0 Å². The molecule has 78 valence electrons. The van der Waals surface area contributed by atoms with Crippen molar-refractivity contribution in [3.8, 4) is 6.07 Å². The van der Waals surface area contributed by atoms with Crippen molar-refractivity contribution in [2.24, 2.45) is 0 Å². The van der Waals surface area contributed by atoms with E-state index in [0.717, 1.165) is 32.1 Å². The van der Waals surface area contributed by atoms with Gasteiger partial charge in [-0.25, -0.2) is 4.79 Å². The van der Waals surface area contributed by atoms with Crippen molar-refractivity contribution >= 4 is 6.09 Å². The van der Waals surface area contributed by atoms with Crippen LogP contribution < -0.4 is 5.32 Å². The number of nitriles is 1. The average Bonchev–Trinajstić information content (AvgIpc) is 2.19. The molecule has 0 bridgehead atoms. The minimum atomic E-state index is -0.676. The third kappa shape index (κ3) is 2.63. The number of hydrogen-bond acceptors (Lipinski definition) is 3. The first-order valence-electron chi connectivity index (χ1n) is 5.08. The van der Waals surface area contributed by atoms with E-state index in [2.05, 4.69) is 11.4 Å². The third-order valence-electron chi connectivity index (χ3n) is 2.54. The standard InChI is InChI=1S/C10H16N2O2/c1-2-14-9(13)12-10(8-11)6-4-3-5-7-10/h2-7H2,1H3,(H,12,13). The summed E-state index contributed by atoms with van der Waals surface area (Å²) in [5.74, 6) is 0. The highest BCUT2D eigenvalue weighted by molar-refractivity contribution is 5.69. The monoisotopic (exact) mass is 196 g/mol. The molecule has 0 aliphatic heterocycles. The quantitative estimate of drug-likeness (QED) is 0.734. The molecule has 1 rings (SSSR count). The fourth-order valence-corrected chi connectivity index (χ4v) is 1.78. The zero-order valence-electron chi connectivity index (χ0n) is 8.51. The van der Waals surface area contributed by atoms with Crippen LogP contribution in [0.25, 0.3) is 0 Å². The molecule has 0 unspecified atom stereocenters. The van der Waals surface area contributed by atoms with E-state index in [9.17, 15) is 4.79 Å². The SMILES string of the molecule is CCOC(=O)NC1(C#N)CCCCC1. The molecule has 0 radical (unpaired) electrons. The molecule has 1 fully saturated rings. The molecule has 4 nitrogen and oxygen atoms in total. The van der Waals surface area contributed by atoms with Crippen molar-refractivity contribution in [1.29, 1.82) is 5.26 Å². The lowest BCUT2D eigenvalue weighted by Gasteiger charge is -2.30. The lowest BCUT2D eigenvalue weighted by molar-refractivity contribution is 0.138. The summed E-state index contributed by atoms with van der Waals surface area (Å²) in [6.45, 7) is 2.09. The van der Waals surface area contributed by atoms with Crippen molar-refractivity contribution in [1.82, 2.24) is 5.32 Å². The maximum absolute atomic E-state index is 11.2. The van der Waals surface area contributed by atoms with Gasteiger partial charge in [-0.2, -0.15) is 5.26 Å². The molecular weight excluding hydrogens is 180 g/mol. The van der Waals surface area contributed by atoms with Gasteiger partial charge in [-0.1, -0.05) is 19.3 Å². The number of hydrogen-bond donors (Lipinski definition) is 1. The maximum atomic E-state index is 11.2. The summed E-state index contributed by atoms with van der Waals surface area (Å²) in [4.78, 5) is 11.2. The Kier molecular flexibility index (Phi) is 3.75. The number of amides is 1. The zero-order chi connectivity index (χ0) is 10.4. The van der Waals surface area contributed by atoms with Crippen LogP contribution in [0.15, 0.2) is 0 Å². The number of rotatable bonds is 2. The van der Waals surface area contributed by atoms with Gasteiger partial charge in [-0.05, 0) is 19.8 Å². The molecule has 0 saturated heterocycles. The van der Waals surface area contributed by atoms with E-state index in [1.807, 2.05) is 0 Å². The molecule has 1 saturated carbocycles. The van der Waals surface area contributed by atoms with Crippen LogP contribution in [0.3, 0.4) is 0 Å². The second kappa shape index (κ2) is 4.85. The van der Waals surface area contributed by atoms with E-state index in [1.54, 1.807) is 6.92 Å². The third-order valence-corrected chi connectivity index (χ3v) is 2.54. The minimum Gasteiger partial charge on any atom is -0.450 e. The Morgan fingerprint density at radius 1 is 1.50 bits per heavy atom. The smallest absolute Gasteiger partial charge is 0.408 e. The Bertz CT molecular complexity index is 239. The van der Waals surface area contributed by atoms with Crippen molar-refractivity contribution in [2.75, 3.05) is 6.61 Å². The van der Waals surface area contributed by atoms with Gasteiger partial charge in [-0.3, -0.25) is 0 Å². The molecular formula is C10H16N2O2. The van der Waals surface area contributed by atoms with Crippen LogP contribution >= 0.6 is 0 Å². The molecule has 1 aliphatic rings. The first kappa shape index (κ1) is 10.8. The van der Waals surface area contributed by atoms with Crippen molar-refractivity contribution in [2.45, 2.75) is 44.6 Å². The topological polar surface area (TPSA) is 62.1 Å². The lowest BCUT2D eigenvalue weighted by Crippen LogP contribution is -2.48. The Labute approximate surface area is 84.2 Å². The normalized spacial score (nSPS) is 19.4. The Hall–Kier alpha value is -1.24. The van der Waals surface area contributed by atoms with Crippen molar-refractivity contribution in [3.05, 3.63) is 0 Å². The summed E-state index contributed by atoms with van der Waals surface area (Å²) in [5, 5.41) is 11.7. The Balaban J connectivity index is 2.52. The van der Waals surface area contributed by atoms with Gasteiger partial charge in [0.25, 0.3) is 0 Å². The molecule has 14 heavy (non-hydrogen) atoms. The van der Waals surface area contributed by atoms with Crippen LogP contribution in [0.5, 0.6) is 0 Å². The fraction of sp³-hybridized carbons (Fsp3) is 0.800. The van der Waals surface area contributed by atoms with E-state index in [-0.39, 0.29) is 0 Å². The van der Waals surface area contributed by atoms with E-state index in [1.165, 1.54) is 0 Å². The van der Waals surface area contributed by atoms with Crippen molar-refractivity contribution < 1.29 is 9.53 Å². The van der Waals surface area contributed by atoms with Gasteiger partial charge < -0.3 is 10.1 Å². The van der Waals surface area contributed by atoms with Gasteiger partial charge in [0, 0.05) is 0 Å². The second-order valence-corrected chi connectivity index (χ2v) is 3.60. The molecule has 0 heterocycles. The van der Waals surface area contributed by atoms with Crippen LogP contribution in [-0.2, 0) is 4.74 Å². The predicted molar refractivity (Wildman–Crippen MR) is 51.6 cm³/mol. The summed E-state index contributed by atoms with van der Waals surface area (Å²) >= 11 is 0. The number of nitrogens with zero attached hydrogens (tertiary/aromatic N) is 1. The molecule has 0 atom stereocenters. The van der Waals surface area contributed by atoms with Gasteiger partial charge in [-0.15, -0.1) is 0 Å². The molecule has 0 aromatic rings. The molecule has 0 spiro atoms. The van der Waals surface area contributed by atoms with Gasteiger partial charge in [0.1, 0.15) is 5.54 Å². The Morgan fingerprint density at radius 3 is 2.64 bits per heavy atom. The van der Waals surface area contributed by atoms with Gasteiger partial charge in [0.15, 0.2) is 0 Å². The van der Waals surface area contributed by atoms with E-state index < -0.39 is 11.6 Å². The summed E-state index contributed by atoms with van der Waals surface area (Å²) in [5.41, 5.74) is -0.676. The predicted octanol–water partition coefficient (Wildman–Crippen LogP) is 1.96. The van der Waals surface area contributed by atoms with Crippen LogP contribution in [0.1, 0.15) is 39.0 Å². The lowest BCUT2D eigenvalue weighted by atomic mass is 9.83. The maximum Gasteiger partial charge on any atom is 0.408 e. The van der Waals surface area contributed by atoms with E-state index in [4.69, 9.17) is 10.00 Å². The second-order valence-electron chi connectivity index (χ2n) is 3.60. The Morgan fingerprint density at radius 2 is 2.14 bits per heavy atom. The zero-order valence-corrected chi connectivity index (χ0v) is 8.51. The molecule has 4 heteroatoms. The highest BCUT2D eigenvalue weighted by atomic mass is 16.5. The van der Waals surface area contributed by atoms with Gasteiger partial charge in [0.05, 0.1) is 12.7 Å². The van der Waals surface area contributed by atoms with Crippen LogP contribution in [0.2, 0.25) is 0 Å². The van der Waals surface area contributed by atoms with Gasteiger partial charge >= 0.3 is 6.09 Å². The van der Waals surface area contributed by atoms with Crippen LogP contribution in [0.4, 0.5) is 4.79 Å². The number of alkyl carbamates (subject to hydrolysis) is 1. The highest BCUT2D eigenvalue weighted by Gasteiger charge is 2.33. The molecule has 1 aliphatic carbocycles. The summed E-state index contributed by atoms with van der Waals surface area (Å²) in [6.07, 6.45) is 4.15. The number of carbonyl (C=O) groups excluding carboxylic acids is 1. The minimum absolute atomic E-state index is 0.341. The number of ether oxygens (including phenoxy) is 1. The van der Waals surface area contributed by atoms with E-state index in [0.29, 0.717) is 6.61 Å². The summed E-state index contributed by atoms with van der Waals surface area (Å²) in [7, 11) is 0. The average molecular weight is 196 g/mol. The summed E-state index contributed by atoms with van der Waals surface area (Å²) in [6, 6.07) is 2.19. The molecule has 0 aromatic heterocycles. The first-order valence-corrected chi connectivity index (χ1v) is 5.08. The fourth-order valence-electron chi connectivity index (χ4n) is 1.78. The first-order chi connectivity index (χ1) is 6.72. The largest absolute Gasteiger partial charge is 0.450 e. The number of nitrogens with one attached hydrogen (secondary N) is 1. The molecule has 1 amide bonds. The summed E-state index contributed by atoms with van der Waals surface area (Å²) < 4.78 is 4.77. The molecule has 1 N–H and O–H groups in total. The van der Waals surface area contributed by atoms with Crippen LogP contribution in [-0.4, -0.2) is 18.2 Å².